The highest BCUT2D eigenvalue weighted by atomic mass is 16.2. The minimum atomic E-state index is 0.255. The number of carbonyl (C=O) groups is 1. The molecule has 0 bridgehead atoms. The zero-order chi connectivity index (χ0) is 10.6. The fraction of sp³-hybridized carbons (Fsp3) is 0.909. The lowest BCUT2D eigenvalue weighted by molar-refractivity contribution is -0.132. The van der Waals surface area contributed by atoms with Gasteiger partial charge >= 0.3 is 0 Å². The number of nitrogens with zero attached hydrogens (tertiary/aromatic N) is 1. The maximum Gasteiger partial charge on any atom is 0.236 e. The molecule has 3 heteroatoms. The third kappa shape index (κ3) is 3.66. The smallest absolute Gasteiger partial charge is 0.236 e. The summed E-state index contributed by atoms with van der Waals surface area (Å²) < 4.78 is 0. The Balaban J connectivity index is 2.29. The molecular weight excluding hydrogens is 176 g/mol. The molecule has 0 aromatic rings. The molecule has 1 aliphatic heterocycles. The highest BCUT2D eigenvalue weighted by Gasteiger charge is 2.20. The summed E-state index contributed by atoms with van der Waals surface area (Å²) in [4.78, 5) is 13.7. The second kappa shape index (κ2) is 5.35. The second-order valence-electron chi connectivity index (χ2n) is 4.62. The maximum atomic E-state index is 11.7. The van der Waals surface area contributed by atoms with Crippen LogP contribution in [-0.4, -0.2) is 36.5 Å². The van der Waals surface area contributed by atoms with Crippen molar-refractivity contribution in [2.45, 2.75) is 39.7 Å². The first-order valence-electron chi connectivity index (χ1n) is 5.60. The van der Waals surface area contributed by atoms with Crippen molar-refractivity contribution in [3.63, 3.8) is 0 Å². The number of amides is 1. The van der Waals surface area contributed by atoms with Gasteiger partial charge in [0.15, 0.2) is 0 Å². The summed E-state index contributed by atoms with van der Waals surface area (Å²) in [5.74, 6) is 0.928. The summed E-state index contributed by atoms with van der Waals surface area (Å²) in [6.45, 7) is 8.72. The van der Waals surface area contributed by atoms with Crippen molar-refractivity contribution in [3.8, 4) is 0 Å². The van der Waals surface area contributed by atoms with E-state index in [1.165, 1.54) is 6.42 Å². The monoisotopic (exact) mass is 198 g/mol. The molecule has 0 spiro atoms. The lowest BCUT2D eigenvalue weighted by Crippen LogP contribution is -2.44. The molecule has 1 aliphatic rings. The van der Waals surface area contributed by atoms with Crippen molar-refractivity contribution in [1.82, 2.24) is 10.2 Å². The highest BCUT2D eigenvalue weighted by Crippen LogP contribution is 2.14. The van der Waals surface area contributed by atoms with E-state index in [4.69, 9.17) is 0 Å². The van der Waals surface area contributed by atoms with Crippen LogP contribution >= 0.6 is 0 Å². The summed E-state index contributed by atoms with van der Waals surface area (Å²) in [5, 5.41) is 3.17. The van der Waals surface area contributed by atoms with Crippen LogP contribution in [0.5, 0.6) is 0 Å². The molecule has 1 rings (SSSR count). The number of nitrogens with one attached hydrogen (secondary N) is 1. The van der Waals surface area contributed by atoms with Crippen LogP contribution in [0.15, 0.2) is 0 Å². The van der Waals surface area contributed by atoms with Crippen LogP contribution in [0.1, 0.15) is 33.6 Å². The summed E-state index contributed by atoms with van der Waals surface area (Å²) >= 11 is 0. The van der Waals surface area contributed by atoms with Gasteiger partial charge in [0.2, 0.25) is 5.91 Å². The minimum Gasteiger partial charge on any atom is -0.341 e. The van der Waals surface area contributed by atoms with Crippen LogP contribution < -0.4 is 5.32 Å². The Morgan fingerprint density at radius 2 is 2.29 bits per heavy atom. The highest BCUT2D eigenvalue weighted by molar-refractivity contribution is 5.78. The molecule has 0 aromatic carbocycles. The first-order valence-corrected chi connectivity index (χ1v) is 5.60. The van der Waals surface area contributed by atoms with Crippen LogP contribution in [0.4, 0.5) is 0 Å². The van der Waals surface area contributed by atoms with Crippen LogP contribution in [0.3, 0.4) is 0 Å². The van der Waals surface area contributed by atoms with Crippen molar-refractivity contribution >= 4 is 5.91 Å². The number of hydrogen-bond donors (Lipinski definition) is 1. The quantitative estimate of drug-likeness (QED) is 0.740. The Morgan fingerprint density at radius 1 is 1.57 bits per heavy atom. The molecular formula is C11H22N2O. The average Bonchev–Trinajstić information content (AvgIpc) is 2.14. The van der Waals surface area contributed by atoms with Crippen LogP contribution in [0.25, 0.3) is 0 Å². The Bertz CT molecular complexity index is 192. The predicted octanol–water partition coefficient (Wildman–Crippen LogP) is 1.24. The number of likely N-dealkylation sites (tertiary alicyclic amines) is 1. The van der Waals surface area contributed by atoms with Gasteiger partial charge in [0, 0.05) is 19.1 Å². The molecule has 1 amide bonds. The van der Waals surface area contributed by atoms with E-state index in [0.717, 1.165) is 19.5 Å². The third-order valence-corrected chi connectivity index (χ3v) is 2.67. The van der Waals surface area contributed by atoms with Gasteiger partial charge < -0.3 is 10.2 Å². The van der Waals surface area contributed by atoms with Gasteiger partial charge in [-0.25, -0.2) is 0 Å². The molecule has 0 aliphatic carbocycles. The van der Waals surface area contributed by atoms with E-state index in [1.807, 2.05) is 4.90 Å². The van der Waals surface area contributed by atoms with Crippen LogP contribution in [-0.2, 0) is 4.79 Å². The van der Waals surface area contributed by atoms with Gasteiger partial charge in [0.05, 0.1) is 6.54 Å². The first kappa shape index (κ1) is 11.5. The molecule has 1 unspecified atom stereocenters. The Hall–Kier alpha value is -0.570. The molecule has 1 saturated heterocycles. The SMILES string of the molecule is CC1CCCN(C(=O)CNC(C)C)C1. The van der Waals surface area contributed by atoms with Gasteiger partial charge in [0.1, 0.15) is 0 Å². The topological polar surface area (TPSA) is 32.3 Å². The molecule has 1 fully saturated rings. The van der Waals surface area contributed by atoms with Crippen molar-refractivity contribution in [2.24, 2.45) is 5.92 Å². The normalized spacial score (nSPS) is 22.9. The van der Waals surface area contributed by atoms with Gasteiger partial charge in [-0.2, -0.15) is 0 Å². The second-order valence-corrected chi connectivity index (χ2v) is 4.62. The Labute approximate surface area is 86.9 Å². The van der Waals surface area contributed by atoms with E-state index in [2.05, 4.69) is 26.1 Å². The Kier molecular flexibility index (Phi) is 4.39. The zero-order valence-corrected chi connectivity index (χ0v) is 9.55. The van der Waals surface area contributed by atoms with Gasteiger partial charge in [-0.05, 0) is 18.8 Å². The van der Waals surface area contributed by atoms with E-state index in [1.54, 1.807) is 0 Å². The van der Waals surface area contributed by atoms with E-state index in [0.29, 0.717) is 18.5 Å². The minimum absolute atomic E-state index is 0.255. The molecule has 1 atom stereocenters. The summed E-state index contributed by atoms with van der Waals surface area (Å²) in [7, 11) is 0. The number of piperidine rings is 1. The largest absolute Gasteiger partial charge is 0.341 e. The van der Waals surface area contributed by atoms with Gasteiger partial charge in [-0.3, -0.25) is 4.79 Å². The average molecular weight is 198 g/mol. The van der Waals surface area contributed by atoms with E-state index >= 15 is 0 Å². The van der Waals surface area contributed by atoms with E-state index < -0.39 is 0 Å². The van der Waals surface area contributed by atoms with Crippen LogP contribution in [0, 0.1) is 5.92 Å². The summed E-state index contributed by atoms with van der Waals surface area (Å²) in [6, 6.07) is 0.390. The van der Waals surface area contributed by atoms with Crippen molar-refractivity contribution in [3.05, 3.63) is 0 Å². The van der Waals surface area contributed by atoms with E-state index in [-0.39, 0.29) is 5.91 Å². The van der Waals surface area contributed by atoms with Crippen molar-refractivity contribution < 1.29 is 4.79 Å². The molecule has 1 N–H and O–H groups in total. The standard InChI is InChI=1S/C11H22N2O/c1-9(2)12-7-11(14)13-6-4-5-10(3)8-13/h9-10,12H,4-8H2,1-3H3. The Morgan fingerprint density at radius 3 is 2.86 bits per heavy atom. The lowest BCUT2D eigenvalue weighted by atomic mass is 10.0. The number of hydrogen-bond acceptors (Lipinski definition) is 2. The molecule has 0 radical (unpaired) electrons. The first-order chi connectivity index (χ1) is 6.59. The van der Waals surface area contributed by atoms with Gasteiger partial charge in [-0.1, -0.05) is 20.8 Å². The predicted molar refractivity (Wildman–Crippen MR) is 58.1 cm³/mol. The number of carbonyl (C=O) groups excluding carboxylic acids is 1. The molecule has 82 valence electrons. The lowest BCUT2D eigenvalue weighted by Gasteiger charge is -2.31. The van der Waals surface area contributed by atoms with Crippen molar-refractivity contribution in [2.75, 3.05) is 19.6 Å². The summed E-state index contributed by atoms with van der Waals surface area (Å²) in [5.41, 5.74) is 0. The fourth-order valence-corrected chi connectivity index (χ4v) is 1.82. The molecule has 0 aromatic heterocycles. The molecule has 0 saturated carbocycles. The summed E-state index contributed by atoms with van der Waals surface area (Å²) in [6.07, 6.45) is 2.43. The third-order valence-electron chi connectivity index (χ3n) is 2.67. The van der Waals surface area contributed by atoms with E-state index in [9.17, 15) is 4.79 Å². The van der Waals surface area contributed by atoms with Gasteiger partial charge in [0.25, 0.3) is 0 Å². The van der Waals surface area contributed by atoms with Gasteiger partial charge in [-0.15, -0.1) is 0 Å². The molecule has 3 nitrogen and oxygen atoms in total. The fourth-order valence-electron chi connectivity index (χ4n) is 1.82. The maximum absolute atomic E-state index is 11.7. The zero-order valence-electron chi connectivity index (χ0n) is 9.55. The van der Waals surface area contributed by atoms with Crippen LogP contribution in [0.2, 0.25) is 0 Å². The van der Waals surface area contributed by atoms with Crippen molar-refractivity contribution in [1.29, 1.82) is 0 Å². The molecule has 14 heavy (non-hydrogen) atoms. The molecule has 1 heterocycles. The number of rotatable bonds is 3.